The van der Waals surface area contributed by atoms with Crippen LogP contribution in [0.2, 0.25) is 0 Å². The molecule has 0 aliphatic heterocycles. The van der Waals surface area contributed by atoms with Crippen LogP contribution in [0.15, 0.2) is 0 Å². The van der Waals surface area contributed by atoms with Gasteiger partial charge in [-0.05, 0) is 0 Å². The molecule has 0 bridgehead atoms. The molecule has 0 heterocycles. The Hall–Kier alpha value is -3.69. The quantitative estimate of drug-likeness (QED) is 0.192. The lowest BCUT2D eigenvalue weighted by atomic mass is 9.74. The molecule has 0 aromatic carbocycles. The van der Waals surface area contributed by atoms with Crippen LogP contribution in [0.5, 0.6) is 0 Å². The Bertz CT molecular complexity index is 822. The van der Waals surface area contributed by atoms with Crippen LogP contribution in [0.4, 0.5) is 0 Å². The number of hydrogen-bond donors (Lipinski definition) is 1. The Morgan fingerprint density at radius 2 is 0.893 bits per heavy atom. The van der Waals surface area contributed by atoms with Crippen LogP contribution in [0.25, 0.3) is 0 Å². The molecule has 1 N–H and O–H groups in total. The summed E-state index contributed by atoms with van der Waals surface area (Å²) in [7, 11) is -6.43. The normalized spacial score (nSPS) is 20.6. The van der Waals surface area contributed by atoms with Crippen LogP contribution >= 0.6 is 0 Å². The highest BCUT2D eigenvalue weighted by atomic mass is 32.2. The first kappa shape index (κ1) is 22.4. The van der Waals surface area contributed by atoms with E-state index in [1.54, 1.807) is 0 Å². The number of nitro groups is 6. The highest BCUT2D eigenvalue weighted by Gasteiger charge is 2.97. The van der Waals surface area contributed by atoms with E-state index in [-0.39, 0.29) is 0 Å². The Morgan fingerprint density at radius 1 is 0.643 bits per heavy atom. The third kappa shape index (κ3) is 2.61. The minimum atomic E-state index is -6.43. The van der Waals surface area contributed by atoms with Gasteiger partial charge in [0, 0.05) is 0 Å². The van der Waals surface area contributed by atoms with Crippen molar-refractivity contribution in [2.75, 3.05) is 0 Å². The van der Waals surface area contributed by atoms with Crippen LogP contribution in [0.1, 0.15) is 12.8 Å². The minimum absolute atomic E-state index is 2.07. The van der Waals surface area contributed by atoms with Crippen molar-refractivity contribution in [3.8, 4) is 0 Å². The van der Waals surface area contributed by atoms with E-state index in [1.165, 1.54) is 0 Å². The summed E-state index contributed by atoms with van der Waals surface area (Å²) in [5.74, 6) is 0. The third-order valence-corrected chi connectivity index (χ3v) is 5.52. The molecular formula is C6H6N6O15S. The van der Waals surface area contributed by atoms with E-state index in [9.17, 15) is 73.7 Å². The highest BCUT2D eigenvalue weighted by Crippen LogP contribution is 2.49. The van der Waals surface area contributed by atoms with Gasteiger partial charge >= 0.3 is 22.2 Å². The SMILES string of the molecule is O=[N+]([O-])C1([N+](=O)[O-])CC([N+](=O)[O-])([N+](=O)[O-])C(S(=O)(=O)O)C([N+](=O)[O-])([N+](=O)[O-])C1. The topological polar surface area (TPSA) is 313 Å². The lowest BCUT2D eigenvalue weighted by molar-refractivity contribution is -0.900. The molecule has 1 rings (SSSR count). The molecule has 0 aromatic rings. The summed E-state index contributed by atoms with van der Waals surface area (Å²) in [5, 5.41) is 63.6. The lowest BCUT2D eigenvalue weighted by Crippen LogP contribution is -2.80. The zero-order valence-corrected chi connectivity index (χ0v) is 13.6. The average Bonchev–Trinajstić information content (AvgIpc) is 2.50. The molecule has 156 valence electrons. The molecular weight excluding hydrogens is 428 g/mol. The van der Waals surface area contributed by atoms with Gasteiger partial charge in [0.05, 0.1) is 9.85 Å². The summed E-state index contributed by atoms with van der Waals surface area (Å²) in [6, 6.07) is 0. The fraction of sp³-hybridized carbons (Fsp3) is 1.00. The fourth-order valence-electron chi connectivity index (χ4n) is 3.03. The van der Waals surface area contributed by atoms with Crippen LogP contribution in [0, 0.1) is 60.7 Å². The third-order valence-electron chi connectivity index (χ3n) is 4.17. The molecule has 0 aromatic heterocycles. The van der Waals surface area contributed by atoms with Gasteiger partial charge in [-0.2, -0.15) is 8.42 Å². The number of rotatable bonds is 7. The second-order valence-electron chi connectivity index (χ2n) is 5.53. The maximum Gasteiger partial charge on any atom is 0.506 e. The van der Waals surface area contributed by atoms with Gasteiger partial charge in [-0.1, -0.05) is 0 Å². The molecule has 1 saturated carbocycles. The molecule has 1 aliphatic carbocycles. The van der Waals surface area contributed by atoms with Gasteiger partial charge in [-0.25, -0.2) is 0 Å². The van der Waals surface area contributed by atoms with E-state index in [1.807, 2.05) is 0 Å². The van der Waals surface area contributed by atoms with Crippen LogP contribution in [-0.2, 0) is 10.1 Å². The maximum atomic E-state index is 11.6. The van der Waals surface area contributed by atoms with Crippen molar-refractivity contribution in [1.29, 1.82) is 0 Å². The van der Waals surface area contributed by atoms with Gasteiger partial charge in [0.1, 0.15) is 19.7 Å². The maximum absolute atomic E-state index is 11.6. The Labute approximate surface area is 149 Å². The summed E-state index contributed by atoms with van der Waals surface area (Å²) >= 11 is 0. The molecule has 0 amide bonds. The van der Waals surface area contributed by atoms with Crippen molar-refractivity contribution in [3.05, 3.63) is 60.7 Å². The summed E-state index contributed by atoms with van der Waals surface area (Å²) in [4.78, 5) is 54.4. The van der Waals surface area contributed by atoms with Gasteiger partial charge in [0.25, 0.3) is 10.1 Å². The van der Waals surface area contributed by atoms with E-state index in [4.69, 9.17) is 0 Å². The van der Waals surface area contributed by atoms with Crippen molar-refractivity contribution < 1.29 is 42.5 Å². The van der Waals surface area contributed by atoms with E-state index in [0.717, 1.165) is 0 Å². The Morgan fingerprint density at radius 3 is 1.04 bits per heavy atom. The van der Waals surface area contributed by atoms with Crippen molar-refractivity contribution in [3.63, 3.8) is 0 Å². The molecule has 1 fully saturated rings. The van der Waals surface area contributed by atoms with E-state index in [0.29, 0.717) is 0 Å². The molecule has 0 atom stereocenters. The summed E-state index contributed by atoms with van der Waals surface area (Å²) in [6.45, 7) is 0. The second-order valence-corrected chi connectivity index (χ2v) is 7.03. The molecule has 0 unspecified atom stereocenters. The molecule has 1 aliphatic rings. The van der Waals surface area contributed by atoms with Crippen molar-refractivity contribution in [1.82, 2.24) is 0 Å². The van der Waals surface area contributed by atoms with Crippen LogP contribution in [0.3, 0.4) is 0 Å². The van der Waals surface area contributed by atoms with Gasteiger partial charge in [-0.15, -0.1) is 0 Å². The Kier molecular flexibility index (Phi) is 4.94. The molecule has 28 heavy (non-hydrogen) atoms. The molecule has 22 heteroatoms. The van der Waals surface area contributed by atoms with E-state index < -0.39 is 74.7 Å². The van der Waals surface area contributed by atoms with Crippen molar-refractivity contribution >= 4 is 10.1 Å². The van der Waals surface area contributed by atoms with Crippen molar-refractivity contribution in [2.24, 2.45) is 0 Å². The Balaban J connectivity index is 4.35. The van der Waals surface area contributed by atoms with E-state index >= 15 is 0 Å². The number of hydrogen-bond acceptors (Lipinski definition) is 14. The van der Waals surface area contributed by atoms with Crippen LogP contribution < -0.4 is 0 Å². The largest absolute Gasteiger partial charge is 0.506 e. The lowest BCUT2D eigenvalue weighted by Gasteiger charge is -2.34. The predicted octanol–water partition coefficient (Wildman–Crippen LogP) is -2.21. The van der Waals surface area contributed by atoms with Gasteiger partial charge in [0.2, 0.25) is 12.8 Å². The average molecular weight is 434 g/mol. The molecule has 0 spiro atoms. The summed E-state index contributed by atoms with van der Waals surface area (Å²) < 4.78 is 32.3. The fourth-order valence-corrected chi connectivity index (χ4v) is 4.49. The second kappa shape index (κ2) is 6.19. The standard InChI is InChI=1S/C6H6N6O15S/c13-7(14)4(8(15)16)1-5(9(17)18,10(19)20)3(28(25,26)27)6(2-4,11(21)22)12(23)24/h3H,1-2H2,(H,25,26,27). The monoisotopic (exact) mass is 434 g/mol. The first-order valence-electron chi connectivity index (χ1n) is 6.28. The minimum Gasteiger partial charge on any atom is -0.284 e. The predicted molar refractivity (Wildman–Crippen MR) is 74.7 cm³/mol. The zero-order chi connectivity index (χ0) is 22.5. The summed E-state index contributed by atoms with van der Waals surface area (Å²) in [6.07, 6.45) is -5.10. The van der Waals surface area contributed by atoms with Gasteiger partial charge < -0.3 is 0 Å². The smallest absolute Gasteiger partial charge is 0.284 e. The molecule has 0 saturated heterocycles. The first-order chi connectivity index (χ1) is 12.4. The summed E-state index contributed by atoms with van der Waals surface area (Å²) in [5.41, 5.74) is -13.8. The van der Waals surface area contributed by atoms with Gasteiger partial charge in [-0.3, -0.25) is 65.2 Å². The zero-order valence-electron chi connectivity index (χ0n) is 12.7. The highest BCUT2D eigenvalue weighted by molar-refractivity contribution is 7.86. The van der Waals surface area contributed by atoms with E-state index in [2.05, 4.69) is 0 Å². The van der Waals surface area contributed by atoms with Crippen LogP contribution in [-0.4, -0.2) is 64.7 Å². The van der Waals surface area contributed by atoms with Crippen molar-refractivity contribution in [2.45, 2.75) is 35.1 Å². The molecule has 0 radical (unpaired) electrons. The first-order valence-corrected chi connectivity index (χ1v) is 7.78. The number of nitrogens with zero attached hydrogens (tertiary/aromatic N) is 6. The van der Waals surface area contributed by atoms with Gasteiger partial charge in [0.15, 0.2) is 0 Å². The molecule has 21 nitrogen and oxygen atoms in total.